The van der Waals surface area contributed by atoms with Gasteiger partial charge in [0.05, 0.1) is 15.2 Å². The SMILES string of the molecule is CC(=O)N(C)C[Si](Cl)([Si](C)(C)C)[Si](C)(C)C. The Kier molecular flexibility index (Phi) is 5.08. The molecule has 0 aromatic heterocycles. The number of nitrogens with zero attached hydrogens (tertiary/aromatic N) is 1. The van der Waals surface area contributed by atoms with Crippen molar-refractivity contribution < 1.29 is 4.79 Å². The van der Waals surface area contributed by atoms with E-state index >= 15 is 0 Å². The second kappa shape index (κ2) is 4.96. The highest BCUT2D eigenvalue weighted by Gasteiger charge is 2.54. The molecule has 0 heterocycles. The summed E-state index contributed by atoms with van der Waals surface area (Å²) in [6.45, 7) is 15.8. The van der Waals surface area contributed by atoms with E-state index in [2.05, 4.69) is 39.3 Å². The summed E-state index contributed by atoms with van der Waals surface area (Å²) in [5.74, 6) is 0.133. The highest BCUT2D eigenvalue weighted by Crippen LogP contribution is 2.33. The van der Waals surface area contributed by atoms with Gasteiger partial charge >= 0.3 is 0 Å². The molecular formula is C10H26ClNOSi3. The van der Waals surface area contributed by atoms with E-state index in [0.29, 0.717) is 0 Å². The molecule has 0 atom stereocenters. The first-order valence-electron chi connectivity index (χ1n) is 5.73. The van der Waals surface area contributed by atoms with Gasteiger partial charge in [-0.3, -0.25) is 4.79 Å². The molecule has 0 aliphatic rings. The summed E-state index contributed by atoms with van der Waals surface area (Å²) in [6, 6.07) is 0. The molecule has 0 radical (unpaired) electrons. The average molecular weight is 296 g/mol. The van der Waals surface area contributed by atoms with Crippen molar-refractivity contribution in [3.63, 3.8) is 0 Å². The van der Waals surface area contributed by atoms with Crippen LogP contribution in [0.3, 0.4) is 0 Å². The molecule has 1 amide bonds. The number of rotatable bonds is 4. The zero-order valence-corrected chi connectivity index (χ0v) is 15.7. The predicted octanol–water partition coefficient (Wildman–Crippen LogP) is 3.02. The van der Waals surface area contributed by atoms with Gasteiger partial charge in [-0.15, -0.1) is 0 Å². The van der Waals surface area contributed by atoms with Crippen molar-refractivity contribution in [2.75, 3.05) is 13.2 Å². The van der Waals surface area contributed by atoms with Crippen molar-refractivity contribution >= 4 is 38.6 Å². The predicted molar refractivity (Wildman–Crippen MR) is 81.6 cm³/mol. The highest BCUT2D eigenvalue weighted by atomic mass is 35.6. The van der Waals surface area contributed by atoms with Crippen LogP contribution in [0, 0.1) is 0 Å². The van der Waals surface area contributed by atoms with Gasteiger partial charge in [-0.25, -0.2) is 0 Å². The minimum atomic E-state index is -1.82. The van der Waals surface area contributed by atoms with E-state index in [0.717, 1.165) is 6.17 Å². The third kappa shape index (κ3) is 3.45. The Labute approximate surface area is 108 Å². The molecule has 0 saturated heterocycles. The molecule has 0 bridgehead atoms. The van der Waals surface area contributed by atoms with E-state index in [4.69, 9.17) is 11.1 Å². The monoisotopic (exact) mass is 295 g/mol. The van der Waals surface area contributed by atoms with Crippen molar-refractivity contribution in [2.45, 2.75) is 46.2 Å². The van der Waals surface area contributed by atoms with E-state index in [9.17, 15) is 4.79 Å². The van der Waals surface area contributed by atoms with Crippen LogP contribution < -0.4 is 0 Å². The fourth-order valence-electron chi connectivity index (χ4n) is 2.04. The van der Waals surface area contributed by atoms with Gasteiger partial charge in [0.15, 0.2) is 6.42 Å². The molecule has 0 aromatic rings. The maximum atomic E-state index is 11.4. The summed E-state index contributed by atoms with van der Waals surface area (Å²) >= 11 is 7.10. The Morgan fingerprint density at radius 1 is 1.06 bits per heavy atom. The highest BCUT2D eigenvalue weighted by molar-refractivity contribution is 7.82. The molecule has 0 aromatic carbocycles. The van der Waals surface area contributed by atoms with Crippen molar-refractivity contribution in [3.05, 3.63) is 0 Å². The van der Waals surface area contributed by atoms with Crippen LogP contribution in [-0.2, 0) is 4.79 Å². The molecule has 0 spiro atoms. The zero-order chi connectivity index (χ0) is 13.4. The second-order valence-corrected chi connectivity index (χ2v) is 37.1. The van der Waals surface area contributed by atoms with Gasteiger partial charge < -0.3 is 4.90 Å². The smallest absolute Gasteiger partial charge is 0.218 e. The van der Waals surface area contributed by atoms with E-state index in [-0.39, 0.29) is 5.91 Å². The van der Waals surface area contributed by atoms with Crippen molar-refractivity contribution in [2.24, 2.45) is 0 Å². The van der Waals surface area contributed by atoms with Crippen LogP contribution in [0.5, 0.6) is 0 Å². The lowest BCUT2D eigenvalue weighted by Gasteiger charge is -2.46. The van der Waals surface area contributed by atoms with Crippen LogP contribution in [0.4, 0.5) is 0 Å². The number of hydrogen-bond donors (Lipinski definition) is 0. The van der Waals surface area contributed by atoms with Crippen molar-refractivity contribution in [1.29, 1.82) is 0 Å². The summed E-state index contributed by atoms with van der Waals surface area (Å²) in [6.07, 6.45) is -0.995. The summed E-state index contributed by atoms with van der Waals surface area (Å²) in [4.78, 5) is 13.2. The van der Waals surface area contributed by atoms with Gasteiger partial charge in [0.1, 0.15) is 0 Å². The number of hydrogen-bond acceptors (Lipinski definition) is 1. The number of carbonyl (C=O) groups is 1. The quantitative estimate of drug-likeness (QED) is 0.577. The van der Waals surface area contributed by atoms with E-state index in [1.807, 2.05) is 11.9 Å². The molecule has 0 saturated carbocycles. The molecule has 0 rings (SSSR count). The van der Waals surface area contributed by atoms with Gasteiger partial charge in [0, 0.05) is 20.1 Å². The van der Waals surface area contributed by atoms with Gasteiger partial charge in [-0.05, 0) is 0 Å². The van der Waals surface area contributed by atoms with E-state index < -0.39 is 21.6 Å². The summed E-state index contributed by atoms with van der Waals surface area (Å²) < 4.78 is 0. The largest absolute Gasteiger partial charge is 0.348 e. The molecule has 16 heavy (non-hydrogen) atoms. The molecule has 0 fully saturated rings. The van der Waals surface area contributed by atoms with E-state index in [1.165, 1.54) is 0 Å². The standard InChI is InChI=1S/C10H26ClNOSi3/c1-10(13)12(2)9-16(11,14(3,4)5)15(6,7)8/h9H2,1-8H3. The number of carbonyl (C=O) groups excluding carboxylic acids is 1. The third-order valence-electron chi connectivity index (χ3n) is 3.37. The normalized spacial score (nSPS) is 13.8. The fraction of sp³-hybridized carbons (Fsp3) is 0.900. The average Bonchev–Trinajstić information content (AvgIpc) is 1.99. The first kappa shape index (κ1) is 16.4. The molecule has 6 heteroatoms. The van der Waals surface area contributed by atoms with Gasteiger partial charge in [-0.1, -0.05) is 39.3 Å². The van der Waals surface area contributed by atoms with Crippen molar-refractivity contribution in [1.82, 2.24) is 4.90 Å². The lowest BCUT2D eigenvalue weighted by molar-refractivity contribution is -0.126. The molecule has 0 N–H and O–H groups in total. The van der Waals surface area contributed by atoms with Crippen LogP contribution in [0.15, 0.2) is 0 Å². The second-order valence-electron chi connectivity index (χ2n) is 6.68. The first-order chi connectivity index (χ1) is 6.83. The lowest BCUT2D eigenvalue weighted by Crippen LogP contribution is -2.72. The Hall–Kier alpha value is 0.411. The van der Waals surface area contributed by atoms with Crippen molar-refractivity contribution in [3.8, 4) is 0 Å². The Balaban J connectivity index is 5.21. The maximum absolute atomic E-state index is 11.4. The van der Waals surface area contributed by atoms with Gasteiger partial charge in [-0.2, -0.15) is 11.1 Å². The zero-order valence-electron chi connectivity index (χ0n) is 11.9. The van der Waals surface area contributed by atoms with E-state index in [1.54, 1.807) is 6.92 Å². The molecule has 0 aliphatic heterocycles. The molecule has 2 nitrogen and oxygen atoms in total. The molecule has 0 aliphatic carbocycles. The van der Waals surface area contributed by atoms with Crippen LogP contribution in [0.2, 0.25) is 39.3 Å². The van der Waals surface area contributed by atoms with Gasteiger partial charge in [0.25, 0.3) is 0 Å². The van der Waals surface area contributed by atoms with Crippen LogP contribution in [0.25, 0.3) is 0 Å². The van der Waals surface area contributed by atoms with Crippen LogP contribution in [-0.4, -0.2) is 45.6 Å². The number of halogens is 1. The fourth-order valence-corrected chi connectivity index (χ4v) is 37.9. The van der Waals surface area contributed by atoms with Crippen LogP contribution >= 0.6 is 11.1 Å². The summed E-state index contributed by atoms with van der Waals surface area (Å²) in [5, 5.41) is 0. The molecule has 0 unspecified atom stereocenters. The first-order valence-corrected chi connectivity index (χ1v) is 18.0. The van der Waals surface area contributed by atoms with Crippen LogP contribution in [0.1, 0.15) is 6.92 Å². The Morgan fingerprint density at radius 3 is 1.56 bits per heavy atom. The summed E-state index contributed by atoms with van der Waals surface area (Å²) in [7, 11) is -0.884. The number of amides is 1. The Morgan fingerprint density at radius 2 is 1.38 bits per heavy atom. The maximum Gasteiger partial charge on any atom is 0.218 e. The minimum absolute atomic E-state index is 0.133. The topological polar surface area (TPSA) is 20.3 Å². The molecule has 96 valence electrons. The van der Waals surface area contributed by atoms with Gasteiger partial charge in [0.2, 0.25) is 5.91 Å². The lowest BCUT2D eigenvalue weighted by atomic mass is 10.6. The third-order valence-corrected chi connectivity index (χ3v) is 48.3. The minimum Gasteiger partial charge on any atom is -0.348 e. The molecular weight excluding hydrogens is 270 g/mol. The summed E-state index contributed by atoms with van der Waals surface area (Å²) in [5.41, 5.74) is 0. The Bertz CT molecular complexity index is 256.